The number of carbonyl (C=O) groups excluding carboxylic acids is 1. The summed E-state index contributed by atoms with van der Waals surface area (Å²) in [5, 5.41) is 4.98. The van der Waals surface area contributed by atoms with Gasteiger partial charge < -0.3 is 4.74 Å². The van der Waals surface area contributed by atoms with Crippen molar-refractivity contribution < 1.29 is 9.53 Å². The first-order chi connectivity index (χ1) is 9.78. The maximum absolute atomic E-state index is 11.7. The minimum absolute atomic E-state index is 0.220. The third kappa shape index (κ3) is 2.54. The minimum Gasteiger partial charge on any atom is -0.426 e. The van der Waals surface area contributed by atoms with Gasteiger partial charge in [-0.05, 0) is 34.4 Å². The van der Waals surface area contributed by atoms with Crippen molar-refractivity contribution in [1.29, 1.82) is 0 Å². The van der Waals surface area contributed by atoms with Gasteiger partial charge in [0.1, 0.15) is 5.75 Å². The van der Waals surface area contributed by atoms with Crippen molar-refractivity contribution in [2.75, 3.05) is 5.33 Å². The molecule has 0 bridgehead atoms. The van der Waals surface area contributed by atoms with Gasteiger partial charge in [-0.2, -0.15) is 0 Å². The number of hydrogen-bond acceptors (Lipinski definition) is 2. The van der Waals surface area contributed by atoms with E-state index in [1.54, 1.807) is 0 Å². The Labute approximate surface area is 125 Å². The molecule has 0 aliphatic heterocycles. The summed E-state index contributed by atoms with van der Waals surface area (Å²) in [6.07, 6.45) is 0.365. The van der Waals surface area contributed by atoms with Gasteiger partial charge in [0, 0.05) is 10.7 Å². The summed E-state index contributed by atoms with van der Waals surface area (Å²) in [6.45, 7) is 0. The van der Waals surface area contributed by atoms with Gasteiger partial charge in [0.15, 0.2) is 0 Å². The molecule has 0 atom stereocenters. The highest BCUT2D eigenvalue weighted by Gasteiger charge is 2.08. The van der Waals surface area contributed by atoms with Crippen molar-refractivity contribution in [3.05, 3.63) is 54.6 Å². The molecule has 0 fully saturated rings. The summed E-state index contributed by atoms with van der Waals surface area (Å²) in [5.74, 6) is 0.404. The standard InChI is InChI=1S/C17H13BrO2/c18-9-8-17(19)20-16-7-3-6-14-10-12-4-1-2-5-13(12)11-15(14)16/h1-7,10-11H,8-9H2. The fourth-order valence-electron chi connectivity index (χ4n) is 2.28. The maximum atomic E-state index is 11.7. The molecule has 0 heterocycles. The van der Waals surface area contributed by atoms with Crippen molar-refractivity contribution in [3.63, 3.8) is 0 Å². The highest BCUT2D eigenvalue weighted by Crippen LogP contribution is 2.30. The molecule has 0 radical (unpaired) electrons. The monoisotopic (exact) mass is 328 g/mol. The number of rotatable bonds is 3. The Morgan fingerprint density at radius 2 is 1.65 bits per heavy atom. The second kappa shape index (κ2) is 5.63. The van der Waals surface area contributed by atoms with Crippen LogP contribution in [0.3, 0.4) is 0 Å². The average Bonchev–Trinajstić information content (AvgIpc) is 2.46. The molecule has 100 valence electrons. The molecule has 0 unspecified atom stereocenters. The Bertz CT molecular complexity index is 780. The lowest BCUT2D eigenvalue weighted by Gasteiger charge is -2.08. The van der Waals surface area contributed by atoms with Gasteiger partial charge in [0.25, 0.3) is 0 Å². The molecule has 0 amide bonds. The zero-order chi connectivity index (χ0) is 13.9. The third-order valence-corrected chi connectivity index (χ3v) is 3.63. The molecule has 0 aliphatic rings. The quantitative estimate of drug-likeness (QED) is 0.302. The van der Waals surface area contributed by atoms with E-state index in [2.05, 4.69) is 40.2 Å². The highest BCUT2D eigenvalue weighted by molar-refractivity contribution is 9.09. The van der Waals surface area contributed by atoms with Crippen LogP contribution in [0.4, 0.5) is 0 Å². The second-order valence-electron chi connectivity index (χ2n) is 4.59. The molecule has 3 aromatic rings. The number of halogens is 1. The molecule has 0 saturated heterocycles. The molecule has 2 nitrogen and oxygen atoms in total. The van der Waals surface area contributed by atoms with Crippen LogP contribution in [0.25, 0.3) is 21.5 Å². The van der Waals surface area contributed by atoms with Gasteiger partial charge in [-0.3, -0.25) is 4.79 Å². The molecule has 3 aromatic carbocycles. The number of ether oxygens (including phenoxy) is 1. The van der Waals surface area contributed by atoms with Gasteiger partial charge in [0.05, 0.1) is 6.42 Å². The van der Waals surface area contributed by atoms with Crippen LogP contribution in [-0.4, -0.2) is 11.3 Å². The topological polar surface area (TPSA) is 26.3 Å². The van der Waals surface area contributed by atoms with Gasteiger partial charge in [-0.1, -0.05) is 52.3 Å². The molecular weight excluding hydrogens is 316 g/mol. The summed E-state index contributed by atoms with van der Waals surface area (Å²) < 4.78 is 5.45. The second-order valence-corrected chi connectivity index (χ2v) is 5.38. The predicted molar refractivity (Wildman–Crippen MR) is 85.5 cm³/mol. The smallest absolute Gasteiger partial charge is 0.312 e. The zero-order valence-corrected chi connectivity index (χ0v) is 12.4. The van der Waals surface area contributed by atoms with E-state index >= 15 is 0 Å². The molecule has 0 aromatic heterocycles. The fourth-order valence-corrected chi connectivity index (χ4v) is 2.60. The Balaban J connectivity index is 2.12. The normalized spacial score (nSPS) is 10.8. The van der Waals surface area contributed by atoms with Crippen LogP contribution in [0.1, 0.15) is 6.42 Å². The number of fused-ring (bicyclic) bond motifs is 2. The first-order valence-electron chi connectivity index (χ1n) is 6.46. The summed E-state index contributed by atoms with van der Waals surface area (Å²) in [6, 6.07) is 18.1. The Morgan fingerprint density at radius 3 is 2.40 bits per heavy atom. The van der Waals surface area contributed by atoms with Crippen molar-refractivity contribution in [1.82, 2.24) is 0 Å². The summed E-state index contributed by atoms with van der Waals surface area (Å²) in [4.78, 5) is 11.7. The van der Waals surface area contributed by atoms with Crippen LogP contribution in [0.2, 0.25) is 0 Å². The number of benzene rings is 3. The lowest BCUT2D eigenvalue weighted by Crippen LogP contribution is -2.08. The minimum atomic E-state index is -0.220. The van der Waals surface area contributed by atoms with Gasteiger partial charge in [-0.15, -0.1) is 0 Å². The van der Waals surface area contributed by atoms with E-state index in [-0.39, 0.29) is 5.97 Å². The molecule has 0 spiro atoms. The van der Waals surface area contributed by atoms with Crippen LogP contribution in [-0.2, 0) is 4.79 Å². The largest absolute Gasteiger partial charge is 0.426 e. The molecule has 0 aliphatic carbocycles. The molecule has 3 rings (SSSR count). The molecule has 3 heteroatoms. The zero-order valence-electron chi connectivity index (χ0n) is 10.8. The average molecular weight is 329 g/mol. The first-order valence-corrected chi connectivity index (χ1v) is 7.58. The molecule has 0 saturated carbocycles. The number of hydrogen-bond donors (Lipinski definition) is 0. The van der Waals surface area contributed by atoms with Crippen molar-refractivity contribution in [2.45, 2.75) is 6.42 Å². The van der Waals surface area contributed by atoms with Crippen LogP contribution in [0.15, 0.2) is 54.6 Å². The van der Waals surface area contributed by atoms with E-state index in [1.165, 1.54) is 5.39 Å². The van der Waals surface area contributed by atoms with E-state index in [0.717, 1.165) is 16.2 Å². The van der Waals surface area contributed by atoms with E-state index in [9.17, 15) is 4.79 Å². The summed E-state index contributed by atoms with van der Waals surface area (Å²) in [5.41, 5.74) is 0. The Kier molecular flexibility index (Phi) is 3.70. The predicted octanol–water partition coefficient (Wildman–Crippen LogP) is 4.68. The van der Waals surface area contributed by atoms with Crippen molar-refractivity contribution in [3.8, 4) is 5.75 Å². The van der Waals surface area contributed by atoms with Crippen LogP contribution in [0, 0.1) is 0 Å². The van der Waals surface area contributed by atoms with Gasteiger partial charge >= 0.3 is 5.97 Å². The summed E-state index contributed by atoms with van der Waals surface area (Å²) in [7, 11) is 0. The molecule has 0 N–H and O–H groups in total. The van der Waals surface area contributed by atoms with Crippen molar-refractivity contribution >= 4 is 43.4 Å². The van der Waals surface area contributed by atoms with Crippen molar-refractivity contribution in [2.24, 2.45) is 0 Å². The number of esters is 1. The molecule has 20 heavy (non-hydrogen) atoms. The maximum Gasteiger partial charge on any atom is 0.312 e. The number of carbonyl (C=O) groups is 1. The van der Waals surface area contributed by atoms with E-state index < -0.39 is 0 Å². The lowest BCUT2D eigenvalue weighted by atomic mass is 10.0. The van der Waals surface area contributed by atoms with E-state index in [4.69, 9.17) is 4.74 Å². The molecular formula is C17H13BrO2. The van der Waals surface area contributed by atoms with E-state index in [0.29, 0.717) is 17.5 Å². The van der Waals surface area contributed by atoms with Crippen LogP contribution >= 0.6 is 15.9 Å². The van der Waals surface area contributed by atoms with Gasteiger partial charge in [0.2, 0.25) is 0 Å². The first kappa shape index (κ1) is 13.1. The van der Waals surface area contributed by atoms with Gasteiger partial charge in [-0.25, -0.2) is 0 Å². The lowest BCUT2D eigenvalue weighted by molar-refractivity contribution is -0.133. The Morgan fingerprint density at radius 1 is 0.950 bits per heavy atom. The highest BCUT2D eigenvalue weighted by atomic mass is 79.9. The van der Waals surface area contributed by atoms with Crippen LogP contribution in [0.5, 0.6) is 5.75 Å². The number of alkyl halides is 1. The summed E-state index contributed by atoms with van der Waals surface area (Å²) >= 11 is 3.24. The third-order valence-electron chi connectivity index (χ3n) is 3.23. The Hall–Kier alpha value is -1.87. The SMILES string of the molecule is O=C(CCBr)Oc1cccc2cc3ccccc3cc12. The fraction of sp³-hybridized carbons (Fsp3) is 0.118. The van der Waals surface area contributed by atoms with Crippen LogP contribution < -0.4 is 4.74 Å². The van der Waals surface area contributed by atoms with E-state index in [1.807, 2.05) is 30.3 Å².